The Bertz CT molecular complexity index is 4410. The largest absolute Gasteiger partial charge is 0.311 e. The number of rotatable bonds is 9. The molecule has 0 bridgehead atoms. The maximum atomic E-state index is 2.68. The first kappa shape index (κ1) is 60.7. The van der Waals surface area contributed by atoms with Crippen LogP contribution < -0.4 is 40.8 Å². The van der Waals surface area contributed by atoms with E-state index in [1.807, 2.05) is 11.3 Å². The zero-order valence-corrected chi connectivity index (χ0v) is 58.0. The van der Waals surface area contributed by atoms with E-state index in [-0.39, 0.29) is 33.8 Å². The Morgan fingerprint density at radius 2 is 0.800 bits per heavy atom. The lowest BCUT2D eigenvalue weighted by atomic mass is 9.36. The van der Waals surface area contributed by atoms with Crippen molar-refractivity contribution in [2.45, 2.75) is 144 Å². The average Bonchev–Trinajstić information content (AvgIpc) is 1.23. The smallest absolute Gasteiger partial charge is 0.264 e. The molecule has 1 aromatic heterocycles. The van der Waals surface area contributed by atoms with Crippen LogP contribution in [0.4, 0.5) is 51.2 Å². The highest BCUT2D eigenvalue weighted by atomic mass is 32.1. The minimum absolute atomic E-state index is 0.00305. The molecule has 3 heterocycles. The van der Waals surface area contributed by atoms with E-state index < -0.39 is 8.07 Å². The van der Waals surface area contributed by atoms with Gasteiger partial charge in [0.1, 0.15) is 8.07 Å². The van der Waals surface area contributed by atoms with Crippen LogP contribution in [0.3, 0.4) is 0 Å². The third-order valence-corrected chi connectivity index (χ3v) is 24.1. The summed E-state index contributed by atoms with van der Waals surface area (Å²) in [6, 6.07) is 87.2. The van der Waals surface area contributed by atoms with Crippen molar-refractivity contribution in [1.82, 2.24) is 0 Å². The van der Waals surface area contributed by atoms with Crippen LogP contribution in [0, 0.1) is 0 Å². The second-order valence-corrected chi connectivity index (χ2v) is 36.7. The van der Waals surface area contributed by atoms with E-state index in [1.165, 1.54) is 115 Å². The average molecular weight is 1210 g/mol. The highest BCUT2D eigenvalue weighted by molar-refractivity contribution is 7.33. The van der Waals surface area contributed by atoms with Gasteiger partial charge in [0.25, 0.3) is 6.71 Å². The van der Waals surface area contributed by atoms with Crippen LogP contribution in [-0.4, -0.2) is 14.8 Å². The molecule has 452 valence electrons. The molecular formula is C84H88BN3SSi. The summed E-state index contributed by atoms with van der Waals surface area (Å²) in [6.07, 6.45) is 0. The third-order valence-electron chi connectivity index (χ3n) is 19.3. The number of thiophene rings is 1. The van der Waals surface area contributed by atoms with Crippen LogP contribution in [-0.2, 0) is 27.1 Å². The van der Waals surface area contributed by atoms with Gasteiger partial charge in [0.2, 0.25) is 0 Å². The minimum Gasteiger partial charge on any atom is -0.311 e. The molecule has 0 spiro atoms. The maximum absolute atomic E-state index is 2.68. The second kappa shape index (κ2) is 22.1. The Labute approximate surface area is 543 Å². The van der Waals surface area contributed by atoms with Crippen LogP contribution in [0.15, 0.2) is 224 Å². The first-order chi connectivity index (χ1) is 42.6. The summed E-state index contributed by atoms with van der Waals surface area (Å²) in [6.45, 7) is 40.0. The van der Waals surface area contributed by atoms with Gasteiger partial charge in [0.15, 0.2) is 0 Å². The van der Waals surface area contributed by atoms with Crippen molar-refractivity contribution < 1.29 is 0 Å². The molecule has 0 saturated heterocycles. The molecule has 3 nitrogen and oxygen atoms in total. The van der Waals surface area contributed by atoms with Gasteiger partial charge in [-0.15, -0.1) is 11.3 Å². The zero-order valence-electron chi connectivity index (χ0n) is 56.2. The van der Waals surface area contributed by atoms with E-state index in [0.29, 0.717) is 0 Å². The molecule has 0 unspecified atom stereocenters. The molecular weight excluding hydrogens is 1120 g/mol. The van der Waals surface area contributed by atoms with Gasteiger partial charge in [-0.25, -0.2) is 0 Å². The standard InChI is InChI=1S/C84H88BN3SSi/c1-80(2,3)57-33-40-62(41-34-57)86-73-52-64(87(71-46-37-59(82(7,8)9)49-67(71)55-27-21-18-22-28-55)72-47-38-60(83(10,11)12)50-68(72)56-29-23-19-24-30-56)44-45-70(73)85-77-74(86)53-66(90(16,17)65-31-25-20-26-32-65)54-75(77)88(63-42-35-58(36-43-63)81(4,5)6)78-69-51-61(84(13,14)15)39-48-76(69)89-79(78)85/h18-54H,1-17H3. The Balaban J connectivity index is 1.17. The molecule has 0 amide bonds. The lowest BCUT2D eigenvalue weighted by Crippen LogP contribution is -2.62. The summed E-state index contributed by atoms with van der Waals surface area (Å²) >= 11 is 1.98. The number of hydrogen-bond acceptors (Lipinski definition) is 4. The van der Waals surface area contributed by atoms with Gasteiger partial charge in [-0.2, -0.15) is 0 Å². The normalized spacial score (nSPS) is 13.5. The zero-order chi connectivity index (χ0) is 63.6. The number of hydrogen-bond donors (Lipinski definition) is 0. The number of anilines is 9. The van der Waals surface area contributed by atoms with Crippen LogP contribution in [0.2, 0.25) is 13.1 Å². The fourth-order valence-corrected chi connectivity index (χ4v) is 17.4. The molecule has 0 fully saturated rings. The van der Waals surface area contributed by atoms with Gasteiger partial charge in [0, 0.05) is 60.1 Å². The van der Waals surface area contributed by atoms with Crippen molar-refractivity contribution in [3.8, 4) is 22.3 Å². The summed E-state index contributed by atoms with van der Waals surface area (Å²) in [7, 11) is -2.43. The van der Waals surface area contributed by atoms with E-state index in [4.69, 9.17) is 0 Å². The highest BCUT2D eigenvalue weighted by Gasteiger charge is 2.47. The molecule has 2 aliphatic rings. The summed E-state index contributed by atoms with van der Waals surface area (Å²) in [4.78, 5) is 7.94. The Kier molecular flexibility index (Phi) is 14.9. The van der Waals surface area contributed by atoms with E-state index in [9.17, 15) is 0 Å². The number of fused-ring (bicyclic) bond motifs is 6. The van der Waals surface area contributed by atoms with Crippen LogP contribution in [0.5, 0.6) is 0 Å². The number of nitrogens with zero attached hydrogens (tertiary/aromatic N) is 3. The Morgan fingerprint density at radius 3 is 1.28 bits per heavy atom. The van der Waals surface area contributed by atoms with Gasteiger partial charge in [-0.05, 0) is 162 Å². The molecule has 10 aromatic carbocycles. The third kappa shape index (κ3) is 10.9. The Morgan fingerprint density at radius 1 is 0.378 bits per heavy atom. The summed E-state index contributed by atoms with van der Waals surface area (Å²) in [5.41, 5.74) is 24.3. The van der Waals surface area contributed by atoms with E-state index >= 15 is 0 Å². The van der Waals surface area contributed by atoms with Crippen LogP contribution in [0.25, 0.3) is 32.3 Å². The summed E-state index contributed by atoms with van der Waals surface area (Å²) < 4.78 is 2.68. The lowest BCUT2D eigenvalue weighted by Gasteiger charge is -2.44. The molecule has 6 heteroatoms. The molecule has 90 heavy (non-hydrogen) atoms. The van der Waals surface area contributed by atoms with Gasteiger partial charge in [0.05, 0.1) is 17.1 Å². The van der Waals surface area contributed by atoms with E-state index in [1.54, 1.807) is 0 Å². The molecule has 0 N–H and O–H groups in total. The van der Waals surface area contributed by atoms with Crippen molar-refractivity contribution >= 4 is 113 Å². The van der Waals surface area contributed by atoms with Gasteiger partial charge < -0.3 is 14.7 Å². The first-order valence-corrected chi connectivity index (χ1v) is 36.3. The maximum Gasteiger partial charge on any atom is 0.264 e. The number of benzene rings is 10. The highest BCUT2D eigenvalue weighted by Crippen LogP contribution is 2.52. The van der Waals surface area contributed by atoms with Crippen molar-refractivity contribution in [2.24, 2.45) is 0 Å². The van der Waals surface area contributed by atoms with E-state index in [2.05, 4.69) is 356 Å². The van der Waals surface area contributed by atoms with Crippen molar-refractivity contribution in [3.05, 3.63) is 252 Å². The molecule has 0 atom stereocenters. The monoisotopic (exact) mass is 1210 g/mol. The molecule has 0 saturated carbocycles. The molecule has 0 aliphatic carbocycles. The SMILES string of the molecule is CC(C)(C)c1ccc(N2c3cc(N(c4ccc(C(C)(C)C)cc4-c4ccccc4)c4ccc(C(C)(C)C)cc4-c4ccccc4)ccc3B3c4sc5ccc(C(C)(C)C)cc5c4N(c4ccc(C(C)(C)C)cc4)c4cc([Si](C)(C)c5ccccc5)cc2c43)cc1. The molecule has 13 rings (SSSR count). The van der Waals surface area contributed by atoms with Crippen LogP contribution >= 0.6 is 11.3 Å². The molecule has 11 aromatic rings. The Hall–Kier alpha value is -8.16. The second-order valence-electron chi connectivity index (χ2n) is 31.2. The lowest BCUT2D eigenvalue weighted by molar-refractivity contribution is 0.590. The van der Waals surface area contributed by atoms with Crippen molar-refractivity contribution in [1.29, 1.82) is 0 Å². The summed E-state index contributed by atoms with van der Waals surface area (Å²) in [5.74, 6) is 0. The van der Waals surface area contributed by atoms with Crippen molar-refractivity contribution in [3.63, 3.8) is 0 Å². The topological polar surface area (TPSA) is 9.72 Å². The van der Waals surface area contributed by atoms with Gasteiger partial charge >= 0.3 is 0 Å². The van der Waals surface area contributed by atoms with Gasteiger partial charge in [-0.1, -0.05) is 267 Å². The van der Waals surface area contributed by atoms with Crippen LogP contribution in [0.1, 0.15) is 132 Å². The first-order valence-electron chi connectivity index (χ1n) is 32.5. The fraction of sp³-hybridized carbons (Fsp3) is 0.262. The van der Waals surface area contributed by atoms with Crippen molar-refractivity contribution in [2.75, 3.05) is 14.7 Å². The minimum atomic E-state index is -2.43. The predicted octanol–water partition coefficient (Wildman–Crippen LogP) is 21.1. The fourth-order valence-electron chi connectivity index (χ4n) is 13.7. The van der Waals surface area contributed by atoms with E-state index in [0.717, 1.165) is 22.7 Å². The molecule has 2 aliphatic heterocycles. The predicted molar refractivity (Wildman–Crippen MR) is 398 cm³/mol. The quantitative estimate of drug-likeness (QED) is 0.133. The summed E-state index contributed by atoms with van der Waals surface area (Å²) in [5, 5.41) is 4.12. The molecule has 0 radical (unpaired) electrons. The van der Waals surface area contributed by atoms with Gasteiger partial charge in [-0.3, -0.25) is 0 Å².